The average Bonchev–Trinajstić information content (AvgIpc) is 3.06. The van der Waals surface area contributed by atoms with Crippen LogP contribution in [0.15, 0.2) is 78.9 Å². The highest BCUT2D eigenvalue weighted by Crippen LogP contribution is 2.27. The molecule has 0 aliphatic carbocycles. The summed E-state index contributed by atoms with van der Waals surface area (Å²) in [5.41, 5.74) is 4.54. The van der Waals surface area contributed by atoms with Crippen LogP contribution in [0, 0.1) is 0 Å². The van der Waals surface area contributed by atoms with Crippen LogP contribution in [0.25, 0.3) is 22.2 Å². The van der Waals surface area contributed by atoms with E-state index in [-0.39, 0.29) is 6.03 Å². The zero-order valence-electron chi connectivity index (χ0n) is 13.8. The fourth-order valence-corrected chi connectivity index (χ4v) is 2.99. The predicted octanol–water partition coefficient (Wildman–Crippen LogP) is 6.13. The van der Waals surface area contributed by atoms with Crippen LogP contribution in [0.3, 0.4) is 0 Å². The minimum Gasteiger partial charge on any atom is -0.355 e. The Hall–Kier alpha value is -3.24. The van der Waals surface area contributed by atoms with Crippen LogP contribution in [0.2, 0.25) is 5.02 Å². The Morgan fingerprint density at radius 1 is 0.808 bits per heavy atom. The first-order chi connectivity index (χ1) is 12.7. The van der Waals surface area contributed by atoms with E-state index in [1.54, 1.807) is 0 Å². The Bertz CT molecular complexity index is 1060. The normalized spacial score (nSPS) is 10.7. The summed E-state index contributed by atoms with van der Waals surface area (Å²) in [6, 6.07) is 24.5. The van der Waals surface area contributed by atoms with E-state index in [9.17, 15) is 4.79 Å². The van der Waals surface area contributed by atoms with Gasteiger partial charge in [0, 0.05) is 33.0 Å². The third-order valence-corrected chi connectivity index (χ3v) is 4.30. The SMILES string of the molecule is O=C(Nc1ccccc1)Nc1ccc(-c2cc3cc(Cl)ccc3[nH]2)cc1. The van der Waals surface area contributed by atoms with Crippen LogP contribution in [0.5, 0.6) is 0 Å². The largest absolute Gasteiger partial charge is 0.355 e. The van der Waals surface area contributed by atoms with Crippen molar-refractivity contribution in [2.24, 2.45) is 0 Å². The van der Waals surface area contributed by atoms with Crippen molar-refractivity contribution in [2.75, 3.05) is 10.6 Å². The van der Waals surface area contributed by atoms with Gasteiger partial charge in [0.1, 0.15) is 0 Å². The van der Waals surface area contributed by atoms with E-state index in [1.165, 1.54) is 0 Å². The van der Waals surface area contributed by atoms with Crippen molar-refractivity contribution in [3.8, 4) is 11.3 Å². The highest BCUT2D eigenvalue weighted by atomic mass is 35.5. The lowest BCUT2D eigenvalue weighted by Gasteiger charge is -2.08. The molecule has 0 fully saturated rings. The Kier molecular flexibility index (Phi) is 4.33. The summed E-state index contributed by atoms with van der Waals surface area (Å²) < 4.78 is 0. The third kappa shape index (κ3) is 3.55. The fourth-order valence-electron chi connectivity index (χ4n) is 2.81. The summed E-state index contributed by atoms with van der Waals surface area (Å²) in [5.74, 6) is 0. The van der Waals surface area contributed by atoms with E-state index < -0.39 is 0 Å². The van der Waals surface area contributed by atoms with E-state index >= 15 is 0 Å². The van der Waals surface area contributed by atoms with E-state index in [0.29, 0.717) is 5.02 Å². The second-order valence-corrected chi connectivity index (χ2v) is 6.37. The van der Waals surface area contributed by atoms with Crippen molar-refractivity contribution >= 4 is 39.9 Å². The molecule has 0 saturated heterocycles. The summed E-state index contributed by atoms with van der Waals surface area (Å²) in [6.07, 6.45) is 0. The molecule has 2 amide bonds. The summed E-state index contributed by atoms with van der Waals surface area (Å²) in [4.78, 5) is 15.4. The molecule has 0 radical (unpaired) electrons. The van der Waals surface area contributed by atoms with Crippen LogP contribution >= 0.6 is 11.6 Å². The molecule has 4 aromatic rings. The first kappa shape index (κ1) is 16.2. The van der Waals surface area contributed by atoms with E-state index in [0.717, 1.165) is 33.5 Å². The van der Waals surface area contributed by atoms with Crippen LogP contribution in [-0.4, -0.2) is 11.0 Å². The van der Waals surface area contributed by atoms with Crippen molar-refractivity contribution in [1.82, 2.24) is 4.98 Å². The first-order valence-corrected chi connectivity index (χ1v) is 8.57. The monoisotopic (exact) mass is 361 g/mol. The molecule has 0 aliphatic heterocycles. The number of aromatic nitrogens is 1. The minimum atomic E-state index is -0.274. The standard InChI is InChI=1S/C21H16ClN3O/c22-16-8-11-19-15(12-16)13-20(25-19)14-6-9-18(10-7-14)24-21(26)23-17-4-2-1-3-5-17/h1-13,25H,(H2,23,24,26). The fraction of sp³-hybridized carbons (Fsp3) is 0. The lowest BCUT2D eigenvalue weighted by atomic mass is 10.1. The number of benzene rings is 3. The molecular formula is C21H16ClN3O. The third-order valence-electron chi connectivity index (χ3n) is 4.07. The topological polar surface area (TPSA) is 56.9 Å². The molecular weight excluding hydrogens is 346 g/mol. The van der Waals surface area contributed by atoms with Crippen LogP contribution in [0.4, 0.5) is 16.2 Å². The van der Waals surface area contributed by atoms with Gasteiger partial charge in [-0.25, -0.2) is 4.79 Å². The molecule has 0 aliphatic rings. The van der Waals surface area contributed by atoms with Crippen molar-refractivity contribution < 1.29 is 4.79 Å². The summed E-state index contributed by atoms with van der Waals surface area (Å²) in [6.45, 7) is 0. The maximum Gasteiger partial charge on any atom is 0.323 e. The quantitative estimate of drug-likeness (QED) is 0.403. The van der Waals surface area contributed by atoms with Crippen molar-refractivity contribution in [1.29, 1.82) is 0 Å². The number of anilines is 2. The molecule has 0 bridgehead atoms. The number of carbonyl (C=O) groups excluding carboxylic acids is 1. The number of fused-ring (bicyclic) bond motifs is 1. The first-order valence-electron chi connectivity index (χ1n) is 8.19. The van der Waals surface area contributed by atoms with Gasteiger partial charge in [0.15, 0.2) is 0 Å². The van der Waals surface area contributed by atoms with Crippen molar-refractivity contribution in [3.63, 3.8) is 0 Å². The Balaban J connectivity index is 1.48. The van der Waals surface area contributed by atoms with Gasteiger partial charge in [0.25, 0.3) is 0 Å². The molecule has 128 valence electrons. The zero-order valence-corrected chi connectivity index (χ0v) is 14.5. The molecule has 5 heteroatoms. The van der Waals surface area contributed by atoms with Crippen LogP contribution in [-0.2, 0) is 0 Å². The maximum atomic E-state index is 12.0. The van der Waals surface area contributed by atoms with Gasteiger partial charge in [0.2, 0.25) is 0 Å². The van der Waals surface area contributed by atoms with Crippen LogP contribution < -0.4 is 10.6 Å². The molecule has 1 heterocycles. The number of H-pyrrole nitrogens is 1. The maximum absolute atomic E-state index is 12.0. The summed E-state index contributed by atoms with van der Waals surface area (Å²) >= 11 is 6.04. The molecule has 0 unspecified atom stereocenters. The molecule has 3 aromatic carbocycles. The number of rotatable bonds is 3. The van der Waals surface area contributed by atoms with Gasteiger partial charge >= 0.3 is 6.03 Å². The molecule has 0 saturated carbocycles. The molecule has 4 rings (SSSR count). The van der Waals surface area contributed by atoms with Gasteiger partial charge in [0.05, 0.1) is 0 Å². The minimum absolute atomic E-state index is 0.274. The lowest BCUT2D eigenvalue weighted by molar-refractivity contribution is 0.262. The van der Waals surface area contributed by atoms with Gasteiger partial charge in [-0.3, -0.25) is 0 Å². The van der Waals surface area contributed by atoms with Gasteiger partial charge in [-0.2, -0.15) is 0 Å². The van der Waals surface area contributed by atoms with Crippen LogP contribution in [0.1, 0.15) is 0 Å². The highest BCUT2D eigenvalue weighted by molar-refractivity contribution is 6.31. The second-order valence-electron chi connectivity index (χ2n) is 5.94. The molecule has 4 nitrogen and oxygen atoms in total. The van der Waals surface area contributed by atoms with Crippen molar-refractivity contribution in [2.45, 2.75) is 0 Å². The molecule has 26 heavy (non-hydrogen) atoms. The van der Waals surface area contributed by atoms with E-state index in [1.807, 2.05) is 72.8 Å². The van der Waals surface area contributed by atoms with E-state index in [2.05, 4.69) is 21.7 Å². The van der Waals surface area contributed by atoms with Gasteiger partial charge in [-0.05, 0) is 54.1 Å². The Labute approximate surface area is 155 Å². The summed E-state index contributed by atoms with van der Waals surface area (Å²) in [5, 5.41) is 7.40. The number of amides is 2. The van der Waals surface area contributed by atoms with Crippen molar-refractivity contribution in [3.05, 3.63) is 83.9 Å². The number of urea groups is 1. The smallest absolute Gasteiger partial charge is 0.323 e. The number of hydrogen-bond donors (Lipinski definition) is 3. The van der Waals surface area contributed by atoms with Gasteiger partial charge in [-0.1, -0.05) is 41.9 Å². The van der Waals surface area contributed by atoms with Gasteiger partial charge < -0.3 is 15.6 Å². The number of aromatic amines is 1. The molecule has 3 N–H and O–H groups in total. The highest BCUT2D eigenvalue weighted by Gasteiger charge is 2.06. The summed E-state index contributed by atoms with van der Waals surface area (Å²) in [7, 11) is 0. The molecule has 0 atom stereocenters. The molecule has 1 aromatic heterocycles. The Morgan fingerprint density at radius 3 is 2.23 bits per heavy atom. The number of nitrogens with one attached hydrogen (secondary N) is 3. The second kappa shape index (κ2) is 6.94. The lowest BCUT2D eigenvalue weighted by Crippen LogP contribution is -2.19. The molecule has 0 spiro atoms. The Morgan fingerprint density at radius 2 is 1.50 bits per heavy atom. The van der Waals surface area contributed by atoms with Gasteiger partial charge in [-0.15, -0.1) is 0 Å². The zero-order chi connectivity index (χ0) is 17.9. The number of halogens is 1. The predicted molar refractivity (Wildman–Crippen MR) is 108 cm³/mol. The number of hydrogen-bond acceptors (Lipinski definition) is 1. The number of para-hydroxylation sites is 1. The number of carbonyl (C=O) groups is 1. The average molecular weight is 362 g/mol. The van der Waals surface area contributed by atoms with E-state index in [4.69, 9.17) is 11.6 Å².